The average Bonchev–Trinajstić information content (AvgIpc) is 2.42. The number of aryl methyl sites for hydroxylation is 1. The van der Waals surface area contributed by atoms with Crippen LogP contribution < -0.4 is 0 Å². The first-order chi connectivity index (χ1) is 5.70. The van der Waals surface area contributed by atoms with Crippen molar-refractivity contribution >= 4 is 17.1 Å². The molecule has 0 bridgehead atoms. The van der Waals surface area contributed by atoms with Crippen LogP contribution in [0.3, 0.4) is 0 Å². The van der Waals surface area contributed by atoms with Gasteiger partial charge in [0.25, 0.3) is 0 Å². The molecule has 0 spiro atoms. The average molecular weight is 186 g/mol. The lowest BCUT2D eigenvalue weighted by atomic mass is 10.5. The molecule has 2 rings (SSSR count). The smallest absolute Gasteiger partial charge is 0.178 e. The molecular weight excluding hydrogens is 181 g/mol. The molecule has 0 aliphatic rings. The molecule has 0 N–H and O–H groups in total. The number of rotatable bonds is 0. The largest absolute Gasteiger partial charge is 0.298 e. The van der Waals surface area contributed by atoms with Gasteiger partial charge < -0.3 is 0 Å². The Bertz CT molecular complexity index is 437. The van der Waals surface area contributed by atoms with Gasteiger partial charge in [-0.15, -0.1) is 10.2 Å². The molecule has 0 saturated heterocycles. The first kappa shape index (κ1) is 7.49. The molecule has 0 unspecified atom stereocenters. The minimum atomic E-state index is -0.377. The Morgan fingerprint density at radius 3 is 2.92 bits per heavy atom. The highest BCUT2D eigenvalue weighted by atomic mass is 35.5. The highest BCUT2D eigenvalue weighted by Crippen LogP contribution is 2.18. The van der Waals surface area contributed by atoms with E-state index in [0.29, 0.717) is 5.82 Å². The van der Waals surface area contributed by atoms with Crippen LogP contribution in [0.4, 0.5) is 4.39 Å². The van der Waals surface area contributed by atoms with E-state index in [1.807, 2.05) is 0 Å². The molecular formula is C7H5ClFN3. The zero-order valence-electron chi connectivity index (χ0n) is 6.25. The molecule has 2 heterocycles. The van der Waals surface area contributed by atoms with Crippen molar-refractivity contribution < 1.29 is 4.39 Å². The predicted octanol–water partition coefficient (Wildman–Crippen LogP) is 1.83. The van der Waals surface area contributed by atoms with Crippen LogP contribution >= 0.6 is 11.6 Å². The zero-order valence-corrected chi connectivity index (χ0v) is 7.01. The Balaban J connectivity index is 2.98. The molecule has 62 valence electrons. The van der Waals surface area contributed by atoms with E-state index in [1.54, 1.807) is 17.5 Å². The van der Waals surface area contributed by atoms with Gasteiger partial charge in [-0.2, -0.15) is 0 Å². The summed E-state index contributed by atoms with van der Waals surface area (Å²) in [5.41, 5.74) is 0.282. The summed E-state index contributed by atoms with van der Waals surface area (Å²) in [6.07, 6.45) is 1.57. The van der Waals surface area contributed by atoms with Gasteiger partial charge in [0, 0.05) is 6.20 Å². The third-order valence-corrected chi connectivity index (χ3v) is 1.92. The summed E-state index contributed by atoms with van der Waals surface area (Å²) in [7, 11) is 0. The molecule has 12 heavy (non-hydrogen) atoms. The Hall–Kier alpha value is -1.16. The van der Waals surface area contributed by atoms with Crippen molar-refractivity contribution in [3.05, 3.63) is 29.1 Å². The van der Waals surface area contributed by atoms with Crippen molar-refractivity contribution in [1.29, 1.82) is 0 Å². The van der Waals surface area contributed by atoms with Crippen LogP contribution in [0.2, 0.25) is 5.15 Å². The fourth-order valence-corrected chi connectivity index (χ4v) is 1.31. The number of fused-ring (bicyclic) bond motifs is 1. The van der Waals surface area contributed by atoms with E-state index in [4.69, 9.17) is 11.6 Å². The molecule has 0 radical (unpaired) electrons. The maximum Gasteiger partial charge on any atom is 0.178 e. The lowest BCUT2D eigenvalue weighted by molar-refractivity contribution is 0.638. The molecule has 0 aliphatic heterocycles. The molecule has 2 aromatic heterocycles. The highest BCUT2D eigenvalue weighted by molar-refractivity contribution is 6.32. The van der Waals surface area contributed by atoms with Gasteiger partial charge >= 0.3 is 0 Å². The zero-order chi connectivity index (χ0) is 8.72. The molecule has 0 aliphatic carbocycles. The first-order valence-corrected chi connectivity index (χ1v) is 3.73. The SMILES string of the molecule is Cc1nnc(Cl)c2c(F)ccn12. The lowest BCUT2D eigenvalue weighted by Crippen LogP contribution is -1.97. The Morgan fingerprint density at radius 1 is 1.50 bits per heavy atom. The van der Waals surface area contributed by atoms with Crippen LogP contribution in [-0.2, 0) is 0 Å². The lowest BCUT2D eigenvalue weighted by Gasteiger charge is -1.98. The van der Waals surface area contributed by atoms with Gasteiger partial charge in [0.2, 0.25) is 0 Å². The van der Waals surface area contributed by atoms with Crippen molar-refractivity contribution in [2.45, 2.75) is 6.92 Å². The number of aromatic nitrogens is 3. The van der Waals surface area contributed by atoms with Gasteiger partial charge in [-0.05, 0) is 13.0 Å². The van der Waals surface area contributed by atoms with Gasteiger partial charge in [-0.1, -0.05) is 11.6 Å². The molecule has 0 atom stereocenters. The standard InChI is InChI=1S/C7H5ClFN3/c1-4-10-11-7(8)6-5(9)2-3-12(4)6/h2-3H,1H3. The summed E-state index contributed by atoms with van der Waals surface area (Å²) in [6.45, 7) is 1.73. The highest BCUT2D eigenvalue weighted by Gasteiger charge is 2.08. The van der Waals surface area contributed by atoms with Gasteiger partial charge in [-0.25, -0.2) is 4.39 Å². The summed E-state index contributed by atoms with van der Waals surface area (Å²) in [6, 6.07) is 1.33. The quantitative estimate of drug-likeness (QED) is 0.627. The van der Waals surface area contributed by atoms with E-state index in [0.717, 1.165) is 0 Å². The van der Waals surface area contributed by atoms with Crippen LogP contribution in [0.15, 0.2) is 12.3 Å². The number of halogens is 2. The molecule has 0 aromatic carbocycles. The second-order valence-electron chi connectivity index (χ2n) is 2.42. The van der Waals surface area contributed by atoms with E-state index >= 15 is 0 Å². The first-order valence-electron chi connectivity index (χ1n) is 3.35. The van der Waals surface area contributed by atoms with Crippen LogP contribution in [0.25, 0.3) is 5.52 Å². The number of hydrogen-bond acceptors (Lipinski definition) is 2. The minimum absolute atomic E-state index is 0.0862. The van der Waals surface area contributed by atoms with Gasteiger partial charge in [0.05, 0.1) is 0 Å². The Morgan fingerprint density at radius 2 is 2.25 bits per heavy atom. The monoisotopic (exact) mass is 185 g/mol. The minimum Gasteiger partial charge on any atom is -0.298 e. The molecule has 0 saturated carbocycles. The topological polar surface area (TPSA) is 30.2 Å². The second-order valence-corrected chi connectivity index (χ2v) is 2.78. The maximum atomic E-state index is 13.0. The van der Waals surface area contributed by atoms with E-state index in [1.165, 1.54) is 6.07 Å². The van der Waals surface area contributed by atoms with Crippen LogP contribution in [-0.4, -0.2) is 14.6 Å². The van der Waals surface area contributed by atoms with E-state index in [2.05, 4.69) is 10.2 Å². The third-order valence-electron chi connectivity index (χ3n) is 1.66. The van der Waals surface area contributed by atoms with E-state index in [9.17, 15) is 4.39 Å². The fraction of sp³-hybridized carbons (Fsp3) is 0.143. The third kappa shape index (κ3) is 0.881. The summed E-state index contributed by atoms with van der Waals surface area (Å²) >= 11 is 5.64. The number of hydrogen-bond donors (Lipinski definition) is 0. The fourth-order valence-electron chi connectivity index (χ4n) is 1.09. The summed E-state index contributed by atoms with van der Waals surface area (Å²) in [5.74, 6) is 0.233. The Labute approximate surface area is 72.8 Å². The molecule has 0 amide bonds. The molecule has 3 nitrogen and oxygen atoms in total. The van der Waals surface area contributed by atoms with Crippen molar-refractivity contribution in [1.82, 2.24) is 14.6 Å². The van der Waals surface area contributed by atoms with Crippen molar-refractivity contribution in [3.8, 4) is 0 Å². The summed E-state index contributed by atoms with van der Waals surface area (Å²) in [5, 5.41) is 7.42. The van der Waals surface area contributed by atoms with Gasteiger partial charge in [0.15, 0.2) is 11.0 Å². The molecule has 2 aromatic rings. The predicted molar refractivity (Wildman–Crippen MR) is 42.7 cm³/mol. The van der Waals surface area contributed by atoms with E-state index in [-0.39, 0.29) is 16.5 Å². The maximum absolute atomic E-state index is 13.0. The molecule has 0 fully saturated rings. The van der Waals surface area contributed by atoms with Crippen molar-refractivity contribution in [2.24, 2.45) is 0 Å². The van der Waals surface area contributed by atoms with Crippen molar-refractivity contribution in [3.63, 3.8) is 0 Å². The van der Waals surface area contributed by atoms with E-state index < -0.39 is 0 Å². The summed E-state index contributed by atoms with van der Waals surface area (Å²) < 4.78 is 14.6. The van der Waals surface area contributed by atoms with Crippen molar-refractivity contribution in [2.75, 3.05) is 0 Å². The van der Waals surface area contributed by atoms with Gasteiger partial charge in [0.1, 0.15) is 11.3 Å². The Kier molecular flexibility index (Phi) is 1.51. The molecule has 5 heteroatoms. The summed E-state index contributed by atoms with van der Waals surface area (Å²) in [4.78, 5) is 0. The number of nitrogens with zero attached hydrogens (tertiary/aromatic N) is 3. The second kappa shape index (κ2) is 2.42. The van der Waals surface area contributed by atoms with Gasteiger partial charge in [-0.3, -0.25) is 4.40 Å². The van der Waals surface area contributed by atoms with Crippen LogP contribution in [0, 0.1) is 12.7 Å². The van der Waals surface area contributed by atoms with Crippen LogP contribution in [0.5, 0.6) is 0 Å². The van der Waals surface area contributed by atoms with Crippen LogP contribution in [0.1, 0.15) is 5.82 Å². The normalized spacial score (nSPS) is 10.9.